The molecule has 0 fully saturated rings. The molecule has 0 atom stereocenters. The van der Waals surface area contributed by atoms with E-state index in [0.29, 0.717) is 5.56 Å². The minimum atomic E-state index is -2.88. The Hall–Kier alpha value is -2.43. The number of halogens is 2. The highest BCUT2D eigenvalue weighted by Crippen LogP contribution is 2.22. The Labute approximate surface area is 127 Å². The van der Waals surface area contributed by atoms with E-state index >= 15 is 0 Å². The van der Waals surface area contributed by atoms with Crippen LogP contribution in [0, 0.1) is 6.92 Å². The number of hydrogen-bond donors (Lipinski definition) is 1. The molecule has 2 aromatic carbocycles. The number of carbonyl (C=O) groups excluding carboxylic acids is 1. The molecular formula is C17H17F2NO2. The standard InChI is InChI=1S/C17H17F2NO2/c1-3-12-6-4-5-11(2)15(12)20-16(21)13-7-9-14(10-8-13)22-17(18)19/h4-10,17H,3H2,1-2H3,(H,20,21). The van der Waals surface area contributed by atoms with Crippen LogP contribution in [0.1, 0.15) is 28.4 Å². The van der Waals surface area contributed by atoms with E-state index in [1.807, 2.05) is 32.0 Å². The molecule has 0 heterocycles. The van der Waals surface area contributed by atoms with Crippen LogP contribution in [0.15, 0.2) is 42.5 Å². The van der Waals surface area contributed by atoms with Crippen LogP contribution in [0.2, 0.25) is 0 Å². The van der Waals surface area contributed by atoms with Crippen molar-refractivity contribution in [1.29, 1.82) is 0 Å². The van der Waals surface area contributed by atoms with Crippen LogP contribution in [0.5, 0.6) is 5.75 Å². The Balaban J connectivity index is 2.16. The molecular weight excluding hydrogens is 288 g/mol. The number of hydrogen-bond acceptors (Lipinski definition) is 2. The quantitative estimate of drug-likeness (QED) is 0.888. The highest BCUT2D eigenvalue weighted by molar-refractivity contribution is 6.05. The molecule has 22 heavy (non-hydrogen) atoms. The van der Waals surface area contributed by atoms with Crippen molar-refractivity contribution in [2.75, 3.05) is 5.32 Å². The second-order valence-electron chi connectivity index (χ2n) is 4.82. The minimum Gasteiger partial charge on any atom is -0.435 e. The molecule has 2 rings (SSSR count). The molecule has 0 aromatic heterocycles. The summed E-state index contributed by atoms with van der Waals surface area (Å²) in [6, 6.07) is 11.4. The zero-order chi connectivity index (χ0) is 16.1. The zero-order valence-corrected chi connectivity index (χ0v) is 12.4. The van der Waals surface area contributed by atoms with Crippen LogP contribution >= 0.6 is 0 Å². The number of aryl methyl sites for hydroxylation is 2. The predicted molar refractivity (Wildman–Crippen MR) is 81.6 cm³/mol. The van der Waals surface area contributed by atoms with Crippen LogP contribution in [-0.4, -0.2) is 12.5 Å². The van der Waals surface area contributed by atoms with Gasteiger partial charge in [0.2, 0.25) is 0 Å². The first-order valence-corrected chi connectivity index (χ1v) is 6.96. The lowest BCUT2D eigenvalue weighted by Gasteiger charge is -2.13. The fourth-order valence-corrected chi connectivity index (χ4v) is 2.18. The smallest absolute Gasteiger partial charge is 0.387 e. The fraction of sp³-hybridized carbons (Fsp3) is 0.235. The third kappa shape index (κ3) is 3.81. The van der Waals surface area contributed by atoms with E-state index in [0.717, 1.165) is 23.2 Å². The maximum absolute atomic E-state index is 12.3. The summed E-state index contributed by atoms with van der Waals surface area (Å²) in [6.45, 7) is 1.06. The zero-order valence-electron chi connectivity index (χ0n) is 12.4. The Morgan fingerprint density at radius 3 is 2.45 bits per heavy atom. The van der Waals surface area contributed by atoms with Crippen molar-refractivity contribution in [1.82, 2.24) is 0 Å². The van der Waals surface area contributed by atoms with Crippen molar-refractivity contribution < 1.29 is 18.3 Å². The molecule has 0 saturated carbocycles. The van der Waals surface area contributed by atoms with E-state index in [-0.39, 0.29) is 11.7 Å². The molecule has 1 amide bonds. The summed E-state index contributed by atoms with van der Waals surface area (Å²) in [4.78, 5) is 12.3. The number of nitrogens with one attached hydrogen (secondary N) is 1. The summed E-state index contributed by atoms with van der Waals surface area (Å²) in [6.07, 6.45) is 0.804. The van der Waals surface area contributed by atoms with Gasteiger partial charge in [-0.05, 0) is 48.7 Å². The summed E-state index contributed by atoms with van der Waals surface area (Å²) in [5.41, 5.74) is 3.20. The maximum atomic E-state index is 12.3. The molecule has 2 aromatic rings. The lowest BCUT2D eigenvalue weighted by Crippen LogP contribution is -2.14. The predicted octanol–water partition coefficient (Wildman–Crippen LogP) is 4.41. The molecule has 5 heteroatoms. The van der Waals surface area contributed by atoms with E-state index in [1.54, 1.807) is 0 Å². The number of ether oxygens (including phenoxy) is 1. The van der Waals surface area contributed by atoms with Crippen molar-refractivity contribution >= 4 is 11.6 Å². The number of amides is 1. The molecule has 0 bridgehead atoms. The molecule has 116 valence electrons. The lowest BCUT2D eigenvalue weighted by molar-refractivity contribution is -0.0498. The van der Waals surface area contributed by atoms with E-state index in [1.165, 1.54) is 24.3 Å². The van der Waals surface area contributed by atoms with Gasteiger partial charge in [0.15, 0.2) is 0 Å². The molecule has 1 N–H and O–H groups in total. The van der Waals surface area contributed by atoms with E-state index in [2.05, 4.69) is 10.1 Å². The van der Waals surface area contributed by atoms with E-state index in [4.69, 9.17) is 0 Å². The normalized spacial score (nSPS) is 10.6. The van der Waals surface area contributed by atoms with Crippen LogP contribution < -0.4 is 10.1 Å². The van der Waals surface area contributed by atoms with Crippen LogP contribution in [0.4, 0.5) is 14.5 Å². The molecule has 0 saturated heterocycles. The van der Waals surface area contributed by atoms with Crippen molar-refractivity contribution in [2.24, 2.45) is 0 Å². The van der Waals surface area contributed by atoms with Gasteiger partial charge in [0, 0.05) is 11.3 Å². The summed E-state index contributed by atoms with van der Waals surface area (Å²) in [5.74, 6) is -0.260. The Bertz CT molecular complexity index is 654. The average Bonchev–Trinajstić information content (AvgIpc) is 2.49. The molecule has 0 aliphatic heterocycles. The number of para-hydroxylation sites is 1. The second-order valence-corrected chi connectivity index (χ2v) is 4.82. The first kappa shape index (κ1) is 15.9. The summed E-state index contributed by atoms with van der Waals surface area (Å²) >= 11 is 0. The summed E-state index contributed by atoms with van der Waals surface area (Å²) < 4.78 is 28.4. The third-order valence-electron chi connectivity index (χ3n) is 3.32. The van der Waals surface area contributed by atoms with Gasteiger partial charge >= 0.3 is 6.61 Å². The van der Waals surface area contributed by atoms with Gasteiger partial charge in [-0.1, -0.05) is 25.1 Å². The number of rotatable bonds is 5. The van der Waals surface area contributed by atoms with Gasteiger partial charge in [-0.15, -0.1) is 0 Å². The van der Waals surface area contributed by atoms with Gasteiger partial charge in [0.1, 0.15) is 5.75 Å². The first-order valence-electron chi connectivity index (χ1n) is 6.96. The van der Waals surface area contributed by atoms with Gasteiger partial charge in [0.05, 0.1) is 0 Å². The average molecular weight is 305 g/mol. The molecule has 0 aliphatic rings. The SMILES string of the molecule is CCc1cccc(C)c1NC(=O)c1ccc(OC(F)F)cc1. The maximum Gasteiger partial charge on any atom is 0.387 e. The van der Waals surface area contributed by atoms with Crippen molar-refractivity contribution in [3.8, 4) is 5.75 Å². The fourth-order valence-electron chi connectivity index (χ4n) is 2.18. The van der Waals surface area contributed by atoms with Crippen LogP contribution in [0.3, 0.4) is 0 Å². The highest BCUT2D eigenvalue weighted by Gasteiger charge is 2.11. The number of anilines is 1. The third-order valence-corrected chi connectivity index (χ3v) is 3.32. The Kier molecular flexibility index (Phi) is 5.09. The molecule has 0 unspecified atom stereocenters. The topological polar surface area (TPSA) is 38.3 Å². The number of carbonyl (C=O) groups is 1. The minimum absolute atomic E-state index is 0.0247. The molecule has 0 radical (unpaired) electrons. The monoisotopic (exact) mass is 305 g/mol. The molecule has 0 spiro atoms. The molecule has 0 aliphatic carbocycles. The van der Waals surface area contributed by atoms with Crippen LogP contribution in [0.25, 0.3) is 0 Å². The van der Waals surface area contributed by atoms with Crippen molar-refractivity contribution in [2.45, 2.75) is 26.9 Å². The van der Waals surface area contributed by atoms with Crippen molar-refractivity contribution in [3.05, 3.63) is 59.2 Å². The van der Waals surface area contributed by atoms with Gasteiger partial charge in [-0.25, -0.2) is 0 Å². The van der Waals surface area contributed by atoms with Crippen LogP contribution in [-0.2, 0) is 6.42 Å². The first-order chi connectivity index (χ1) is 10.5. The second kappa shape index (κ2) is 7.02. The van der Waals surface area contributed by atoms with E-state index < -0.39 is 6.61 Å². The van der Waals surface area contributed by atoms with Crippen molar-refractivity contribution in [3.63, 3.8) is 0 Å². The lowest BCUT2D eigenvalue weighted by atomic mass is 10.1. The summed E-state index contributed by atoms with van der Waals surface area (Å²) in [7, 11) is 0. The molecule has 3 nitrogen and oxygen atoms in total. The van der Waals surface area contributed by atoms with Gasteiger partial charge in [-0.3, -0.25) is 4.79 Å². The highest BCUT2D eigenvalue weighted by atomic mass is 19.3. The van der Waals surface area contributed by atoms with Gasteiger partial charge < -0.3 is 10.1 Å². The number of alkyl halides is 2. The van der Waals surface area contributed by atoms with E-state index in [9.17, 15) is 13.6 Å². The Morgan fingerprint density at radius 1 is 1.18 bits per heavy atom. The summed E-state index contributed by atoms with van der Waals surface area (Å²) in [5, 5.41) is 2.88. The van der Waals surface area contributed by atoms with Gasteiger partial charge in [0.25, 0.3) is 5.91 Å². The number of benzene rings is 2. The van der Waals surface area contributed by atoms with Gasteiger partial charge in [-0.2, -0.15) is 8.78 Å². The Morgan fingerprint density at radius 2 is 1.86 bits per heavy atom. The largest absolute Gasteiger partial charge is 0.435 e.